The number of hydrazine groups is 1. The van der Waals surface area contributed by atoms with Crippen LogP contribution < -0.4 is 16.3 Å². The molecule has 0 heterocycles. The summed E-state index contributed by atoms with van der Waals surface area (Å²) in [4.78, 5) is 32.7. The van der Waals surface area contributed by atoms with E-state index < -0.39 is 15.8 Å². The Morgan fingerprint density at radius 2 is 1.48 bits per heavy atom. The van der Waals surface area contributed by atoms with Gasteiger partial charge in [-0.05, 0) is 19.1 Å². The molecule has 2 aromatic carbocycles. The third kappa shape index (κ3) is 5.49. The molecule has 0 aliphatic carbocycles. The minimum atomic E-state index is -0.572. The molecule has 11 heteroatoms. The first-order chi connectivity index (χ1) is 12.9. The Morgan fingerprint density at radius 3 is 2.07 bits per heavy atom. The third-order valence-corrected chi connectivity index (χ3v) is 3.32. The van der Waals surface area contributed by atoms with E-state index in [-0.39, 0.29) is 29.2 Å². The predicted molar refractivity (Wildman–Crippen MR) is 99.3 cm³/mol. The van der Waals surface area contributed by atoms with E-state index in [1.54, 1.807) is 19.1 Å². The summed E-state index contributed by atoms with van der Waals surface area (Å²) in [7, 11) is 0. The molecule has 11 nitrogen and oxygen atoms in total. The molecule has 0 spiro atoms. The maximum atomic E-state index is 11.9. The highest BCUT2D eigenvalue weighted by Crippen LogP contribution is 2.23. The summed E-state index contributed by atoms with van der Waals surface area (Å²) >= 11 is 0. The summed E-state index contributed by atoms with van der Waals surface area (Å²) in [5.74, 6) is -0.487. The molecule has 3 N–H and O–H groups in total. The smallest absolute Gasteiger partial charge is 0.292 e. The van der Waals surface area contributed by atoms with Gasteiger partial charge in [0.1, 0.15) is 11.4 Å². The van der Waals surface area contributed by atoms with E-state index >= 15 is 0 Å². The number of rotatable bonds is 8. The van der Waals surface area contributed by atoms with Crippen LogP contribution in [0.15, 0.2) is 53.6 Å². The standard InChI is InChI=1S/C16H16N6O5/c1-11(17-18-12-6-2-4-8-14(12)21(24)25)10-16(23)20-19-13-7-3-5-9-15(13)22(26)27/h2-9,18-19H,10H2,1H3,(H,20,23)/b17-11-. The van der Waals surface area contributed by atoms with Crippen molar-refractivity contribution in [1.82, 2.24) is 5.43 Å². The molecular formula is C16H16N6O5. The van der Waals surface area contributed by atoms with Crippen molar-refractivity contribution >= 4 is 34.4 Å². The van der Waals surface area contributed by atoms with Gasteiger partial charge in [-0.15, -0.1) is 0 Å². The van der Waals surface area contributed by atoms with Gasteiger partial charge in [-0.25, -0.2) is 0 Å². The second kappa shape index (κ2) is 8.89. The molecule has 0 fully saturated rings. The quantitative estimate of drug-likeness (QED) is 0.366. The van der Waals surface area contributed by atoms with Gasteiger partial charge in [0.2, 0.25) is 5.91 Å². The fraction of sp³-hybridized carbons (Fsp3) is 0.125. The molecule has 0 aromatic heterocycles. The van der Waals surface area contributed by atoms with E-state index in [2.05, 4.69) is 21.4 Å². The van der Waals surface area contributed by atoms with Crippen molar-refractivity contribution in [2.24, 2.45) is 5.10 Å². The number of para-hydroxylation sites is 4. The van der Waals surface area contributed by atoms with Crippen molar-refractivity contribution < 1.29 is 14.6 Å². The molecule has 0 saturated carbocycles. The minimum Gasteiger partial charge on any atom is -0.292 e. The molecule has 0 radical (unpaired) electrons. The Hall–Kier alpha value is -4.02. The van der Waals surface area contributed by atoms with Gasteiger partial charge in [-0.2, -0.15) is 5.10 Å². The summed E-state index contributed by atoms with van der Waals surface area (Å²) in [6.45, 7) is 1.56. The number of hydrazone groups is 1. The van der Waals surface area contributed by atoms with E-state index in [1.807, 2.05) is 0 Å². The van der Waals surface area contributed by atoms with Gasteiger partial charge in [0.15, 0.2) is 0 Å². The van der Waals surface area contributed by atoms with Gasteiger partial charge in [0, 0.05) is 17.8 Å². The number of nitrogens with one attached hydrogen (secondary N) is 3. The second-order valence-corrected chi connectivity index (χ2v) is 5.36. The number of hydrogen-bond acceptors (Lipinski definition) is 8. The Balaban J connectivity index is 1.93. The van der Waals surface area contributed by atoms with Crippen LogP contribution in [-0.2, 0) is 4.79 Å². The van der Waals surface area contributed by atoms with E-state index in [9.17, 15) is 25.0 Å². The number of hydrogen-bond donors (Lipinski definition) is 3. The zero-order chi connectivity index (χ0) is 19.8. The van der Waals surface area contributed by atoms with Crippen LogP contribution in [0, 0.1) is 20.2 Å². The SMILES string of the molecule is C/C(CC(=O)NNc1ccccc1[N+](=O)[O-])=N/Nc1ccccc1[N+](=O)[O-]. The summed E-state index contributed by atoms with van der Waals surface area (Å²) in [5.41, 5.74) is 7.76. The average molecular weight is 372 g/mol. The van der Waals surface area contributed by atoms with Gasteiger partial charge in [0.05, 0.1) is 16.3 Å². The summed E-state index contributed by atoms with van der Waals surface area (Å²) in [6, 6.07) is 11.8. The number of benzene rings is 2. The molecule has 0 unspecified atom stereocenters. The molecule has 0 aliphatic heterocycles. The number of carbonyl (C=O) groups excluding carboxylic acids is 1. The average Bonchev–Trinajstić information content (AvgIpc) is 2.65. The van der Waals surface area contributed by atoms with Crippen molar-refractivity contribution in [3.05, 3.63) is 68.8 Å². The Bertz CT molecular complexity index is 898. The van der Waals surface area contributed by atoms with Crippen LogP contribution in [0.2, 0.25) is 0 Å². The first-order valence-electron chi connectivity index (χ1n) is 7.69. The number of nitro benzene ring substituents is 2. The molecule has 1 amide bonds. The van der Waals surface area contributed by atoms with E-state index in [0.717, 1.165) is 0 Å². The van der Waals surface area contributed by atoms with Crippen LogP contribution >= 0.6 is 0 Å². The highest BCUT2D eigenvalue weighted by atomic mass is 16.6. The largest absolute Gasteiger partial charge is 0.294 e. The molecule has 0 aliphatic rings. The van der Waals surface area contributed by atoms with E-state index in [1.165, 1.54) is 36.4 Å². The minimum absolute atomic E-state index is 0.124. The molecular weight excluding hydrogens is 356 g/mol. The topological polar surface area (TPSA) is 152 Å². The molecule has 0 bridgehead atoms. The lowest BCUT2D eigenvalue weighted by atomic mass is 10.2. The van der Waals surface area contributed by atoms with Crippen molar-refractivity contribution in [1.29, 1.82) is 0 Å². The van der Waals surface area contributed by atoms with Crippen molar-refractivity contribution in [2.45, 2.75) is 13.3 Å². The summed E-state index contributed by atoms with van der Waals surface area (Å²) in [5, 5.41) is 25.8. The highest BCUT2D eigenvalue weighted by molar-refractivity contribution is 6.00. The lowest BCUT2D eigenvalue weighted by Gasteiger charge is -2.09. The first kappa shape index (κ1) is 19.3. The molecule has 27 heavy (non-hydrogen) atoms. The fourth-order valence-electron chi connectivity index (χ4n) is 2.07. The van der Waals surface area contributed by atoms with Crippen LogP contribution in [0.4, 0.5) is 22.7 Å². The molecule has 0 atom stereocenters. The van der Waals surface area contributed by atoms with Crippen molar-refractivity contribution in [3.63, 3.8) is 0 Å². The normalized spacial score (nSPS) is 10.8. The van der Waals surface area contributed by atoms with Gasteiger partial charge >= 0.3 is 0 Å². The molecule has 2 aromatic rings. The Morgan fingerprint density at radius 1 is 0.963 bits per heavy atom. The lowest BCUT2D eigenvalue weighted by molar-refractivity contribution is -0.384. The number of nitrogens with zero attached hydrogens (tertiary/aromatic N) is 3. The Kier molecular flexibility index (Phi) is 6.36. The van der Waals surface area contributed by atoms with E-state index in [0.29, 0.717) is 5.71 Å². The summed E-state index contributed by atoms with van der Waals surface area (Å²) < 4.78 is 0. The molecule has 140 valence electrons. The van der Waals surface area contributed by atoms with Crippen LogP contribution in [0.25, 0.3) is 0 Å². The van der Waals surface area contributed by atoms with Gasteiger partial charge in [0.25, 0.3) is 11.4 Å². The number of anilines is 2. The predicted octanol–water partition coefficient (Wildman–Crippen LogP) is 2.82. The number of amides is 1. The van der Waals surface area contributed by atoms with Crippen LogP contribution in [0.5, 0.6) is 0 Å². The van der Waals surface area contributed by atoms with Crippen LogP contribution in [-0.4, -0.2) is 21.5 Å². The molecule has 0 saturated heterocycles. The monoisotopic (exact) mass is 372 g/mol. The summed E-state index contributed by atoms with van der Waals surface area (Å²) in [6.07, 6.45) is -0.124. The third-order valence-electron chi connectivity index (χ3n) is 3.32. The highest BCUT2D eigenvalue weighted by Gasteiger charge is 2.14. The zero-order valence-electron chi connectivity index (χ0n) is 14.2. The second-order valence-electron chi connectivity index (χ2n) is 5.36. The maximum Gasteiger partial charge on any atom is 0.294 e. The van der Waals surface area contributed by atoms with Crippen molar-refractivity contribution in [3.8, 4) is 0 Å². The van der Waals surface area contributed by atoms with Gasteiger partial charge in [-0.1, -0.05) is 24.3 Å². The lowest BCUT2D eigenvalue weighted by Crippen LogP contribution is -2.31. The maximum absolute atomic E-state index is 11.9. The number of carbonyl (C=O) groups is 1. The number of nitro groups is 2. The van der Waals surface area contributed by atoms with Gasteiger partial charge < -0.3 is 0 Å². The van der Waals surface area contributed by atoms with Crippen LogP contribution in [0.1, 0.15) is 13.3 Å². The first-order valence-corrected chi connectivity index (χ1v) is 7.69. The Labute approximate surface area is 153 Å². The van der Waals surface area contributed by atoms with Crippen molar-refractivity contribution in [2.75, 3.05) is 10.9 Å². The molecule has 2 rings (SSSR count). The fourth-order valence-corrected chi connectivity index (χ4v) is 2.07. The van der Waals surface area contributed by atoms with Crippen LogP contribution in [0.3, 0.4) is 0 Å². The van der Waals surface area contributed by atoms with E-state index in [4.69, 9.17) is 0 Å². The zero-order valence-corrected chi connectivity index (χ0v) is 14.2. The van der Waals surface area contributed by atoms with Gasteiger partial charge in [-0.3, -0.25) is 41.3 Å².